The molecule has 11 aromatic rings. The predicted octanol–water partition coefficient (Wildman–Crippen LogP) is 14.1. The normalized spacial score (nSPS) is 11.9. The largest absolute Gasteiger partial charge is 0.456 e. The topological polar surface area (TPSA) is 18.1 Å². The van der Waals surface area contributed by atoms with Crippen molar-refractivity contribution in [2.45, 2.75) is 0 Å². The Hall–Kier alpha value is -6.42. The maximum atomic E-state index is 6.30. The Morgan fingerprint density at radius 2 is 1.02 bits per heavy atom. The van der Waals surface area contributed by atoms with Gasteiger partial charge in [0.25, 0.3) is 0 Å². The molecule has 0 bridgehead atoms. The van der Waals surface area contributed by atoms with Crippen molar-refractivity contribution in [3.05, 3.63) is 176 Å². The van der Waals surface area contributed by atoms with E-state index in [4.69, 9.17) is 4.42 Å². The summed E-state index contributed by atoms with van der Waals surface area (Å²) in [5.41, 5.74) is 12.6. The predicted molar refractivity (Wildman–Crippen MR) is 217 cm³/mol. The molecule has 0 aliphatic heterocycles. The van der Waals surface area contributed by atoms with E-state index in [0.29, 0.717) is 0 Å². The summed E-state index contributed by atoms with van der Waals surface area (Å²) in [5, 5.41) is 7.35. The van der Waals surface area contributed by atoms with Gasteiger partial charge in [-0.2, -0.15) is 0 Å². The molecule has 3 heterocycles. The van der Waals surface area contributed by atoms with E-state index in [0.717, 1.165) is 38.8 Å². The third kappa shape index (κ3) is 4.42. The summed E-state index contributed by atoms with van der Waals surface area (Å²) in [6.45, 7) is 0. The summed E-state index contributed by atoms with van der Waals surface area (Å²) < 4.78 is 11.4. The molecule has 0 N–H and O–H groups in total. The highest BCUT2D eigenvalue weighted by Crippen LogP contribution is 2.44. The number of aromatic nitrogens is 1. The fourth-order valence-electron chi connectivity index (χ4n) is 7.99. The molecule has 238 valence electrons. The fourth-order valence-corrected chi connectivity index (χ4v) is 9.21. The Morgan fingerprint density at radius 3 is 1.92 bits per heavy atom. The van der Waals surface area contributed by atoms with Crippen molar-refractivity contribution in [1.29, 1.82) is 0 Å². The van der Waals surface area contributed by atoms with Gasteiger partial charge in [0.15, 0.2) is 0 Å². The Kier molecular flexibility index (Phi) is 6.16. The second-order valence-corrected chi connectivity index (χ2v) is 14.4. The summed E-state index contributed by atoms with van der Waals surface area (Å²) >= 11 is 1.88. The van der Waals surface area contributed by atoms with Crippen LogP contribution in [0.15, 0.2) is 180 Å². The average molecular weight is 668 g/mol. The first-order chi connectivity index (χ1) is 25.3. The lowest BCUT2D eigenvalue weighted by Gasteiger charge is -2.14. The number of furan rings is 1. The van der Waals surface area contributed by atoms with E-state index in [2.05, 4.69) is 168 Å². The molecule has 0 unspecified atom stereocenters. The monoisotopic (exact) mass is 667 g/mol. The van der Waals surface area contributed by atoms with E-state index in [-0.39, 0.29) is 0 Å². The van der Waals surface area contributed by atoms with E-state index < -0.39 is 0 Å². The van der Waals surface area contributed by atoms with Crippen molar-refractivity contribution in [1.82, 2.24) is 4.57 Å². The highest BCUT2D eigenvalue weighted by molar-refractivity contribution is 7.26. The molecule has 8 aromatic carbocycles. The van der Waals surface area contributed by atoms with Gasteiger partial charge >= 0.3 is 0 Å². The maximum absolute atomic E-state index is 6.30. The number of benzene rings is 8. The lowest BCUT2D eigenvalue weighted by atomic mass is 9.97. The molecule has 0 saturated heterocycles. The third-order valence-electron chi connectivity index (χ3n) is 10.4. The van der Waals surface area contributed by atoms with Gasteiger partial charge in [0, 0.05) is 53.0 Å². The smallest absolute Gasteiger partial charge is 0.136 e. The molecular weight excluding hydrogens is 639 g/mol. The van der Waals surface area contributed by atoms with Crippen LogP contribution in [0.1, 0.15) is 0 Å². The Labute approximate surface area is 298 Å². The van der Waals surface area contributed by atoms with Crippen LogP contribution < -0.4 is 0 Å². The van der Waals surface area contributed by atoms with E-state index >= 15 is 0 Å². The molecule has 0 spiro atoms. The summed E-state index contributed by atoms with van der Waals surface area (Å²) in [7, 11) is 0. The molecule has 0 aliphatic rings. The van der Waals surface area contributed by atoms with Crippen LogP contribution in [0.5, 0.6) is 0 Å². The van der Waals surface area contributed by atoms with Gasteiger partial charge in [0.05, 0.1) is 11.0 Å². The Bertz CT molecular complexity index is 3140. The maximum Gasteiger partial charge on any atom is 0.136 e. The molecule has 2 nitrogen and oxygen atoms in total. The molecular formula is C48H29NOS. The van der Waals surface area contributed by atoms with Crippen molar-refractivity contribution in [2.75, 3.05) is 0 Å². The second-order valence-electron chi connectivity index (χ2n) is 13.3. The van der Waals surface area contributed by atoms with E-state index in [1.54, 1.807) is 0 Å². The lowest BCUT2D eigenvalue weighted by molar-refractivity contribution is 0.669. The minimum atomic E-state index is 0.909. The average Bonchev–Trinajstić information content (AvgIpc) is 3.87. The summed E-state index contributed by atoms with van der Waals surface area (Å²) in [6, 6.07) is 63.8. The van der Waals surface area contributed by atoms with Gasteiger partial charge in [-0.3, -0.25) is 0 Å². The van der Waals surface area contributed by atoms with Crippen LogP contribution in [0, 0.1) is 0 Å². The first-order valence-corrected chi connectivity index (χ1v) is 18.1. The molecule has 0 aliphatic carbocycles. The van der Waals surface area contributed by atoms with Gasteiger partial charge in [-0.15, -0.1) is 11.3 Å². The van der Waals surface area contributed by atoms with Crippen LogP contribution in [-0.2, 0) is 0 Å². The van der Waals surface area contributed by atoms with Crippen LogP contribution in [-0.4, -0.2) is 4.57 Å². The second kappa shape index (κ2) is 11.0. The first kappa shape index (κ1) is 28.4. The van der Waals surface area contributed by atoms with Crippen molar-refractivity contribution in [3.8, 4) is 39.1 Å². The fraction of sp³-hybridized carbons (Fsp3) is 0. The summed E-state index contributed by atoms with van der Waals surface area (Å²) in [6.07, 6.45) is 0. The SMILES string of the molecule is c1ccc(-c2cccc(-c3cc(-n4c5ccccc5c5ccc(-c6ccc7c(c6)oc6ccccc67)cc54)cc4c3sc3ccccc34)c2)cc1. The first-order valence-electron chi connectivity index (χ1n) is 17.3. The van der Waals surface area contributed by atoms with Gasteiger partial charge in [0.1, 0.15) is 11.2 Å². The number of nitrogens with zero attached hydrogens (tertiary/aromatic N) is 1. The molecule has 0 fully saturated rings. The van der Waals surface area contributed by atoms with E-state index in [9.17, 15) is 0 Å². The van der Waals surface area contributed by atoms with Crippen molar-refractivity contribution < 1.29 is 4.42 Å². The number of thiophene rings is 1. The van der Waals surface area contributed by atoms with Crippen LogP contribution in [0.25, 0.3) is 103 Å². The Balaban J connectivity index is 1.17. The van der Waals surface area contributed by atoms with Crippen LogP contribution in [0.2, 0.25) is 0 Å². The minimum Gasteiger partial charge on any atom is -0.456 e. The minimum absolute atomic E-state index is 0.909. The van der Waals surface area contributed by atoms with Crippen LogP contribution in [0.3, 0.4) is 0 Å². The standard InChI is InChI=1S/C48H29NOS/c1-2-11-30(12-3-1)31-13-10-14-34(25-31)41-28-35(29-42-40-17-6-9-20-47(40)51-48(41)42)49-43-18-7-4-15-36(43)37-23-21-32(26-44(37)49)33-22-24-39-38-16-5-8-19-45(38)50-46(39)27-33/h1-29H. The zero-order valence-corrected chi connectivity index (χ0v) is 28.3. The van der Waals surface area contributed by atoms with Gasteiger partial charge < -0.3 is 8.98 Å². The molecule has 3 aromatic heterocycles. The molecule has 51 heavy (non-hydrogen) atoms. The van der Waals surface area contributed by atoms with Gasteiger partial charge in [-0.25, -0.2) is 0 Å². The zero-order chi connectivity index (χ0) is 33.5. The van der Waals surface area contributed by atoms with Crippen molar-refractivity contribution >= 4 is 75.3 Å². The summed E-state index contributed by atoms with van der Waals surface area (Å²) in [5.74, 6) is 0. The van der Waals surface area contributed by atoms with Crippen molar-refractivity contribution in [3.63, 3.8) is 0 Å². The zero-order valence-electron chi connectivity index (χ0n) is 27.5. The molecule has 11 rings (SSSR count). The number of hydrogen-bond donors (Lipinski definition) is 0. The van der Waals surface area contributed by atoms with Gasteiger partial charge in [-0.1, -0.05) is 121 Å². The van der Waals surface area contributed by atoms with Crippen molar-refractivity contribution in [2.24, 2.45) is 0 Å². The number of hydrogen-bond acceptors (Lipinski definition) is 2. The lowest BCUT2D eigenvalue weighted by Crippen LogP contribution is -1.95. The number of fused-ring (bicyclic) bond motifs is 9. The molecule has 0 saturated carbocycles. The third-order valence-corrected chi connectivity index (χ3v) is 11.6. The highest BCUT2D eigenvalue weighted by atomic mass is 32.1. The van der Waals surface area contributed by atoms with E-state index in [1.807, 2.05) is 23.5 Å². The highest BCUT2D eigenvalue weighted by Gasteiger charge is 2.18. The van der Waals surface area contributed by atoms with E-state index in [1.165, 1.54) is 64.2 Å². The molecule has 0 atom stereocenters. The summed E-state index contributed by atoms with van der Waals surface area (Å²) in [4.78, 5) is 0. The van der Waals surface area contributed by atoms with Crippen LogP contribution in [0.4, 0.5) is 0 Å². The molecule has 3 heteroatoms. The quantitative estimate of drug-likeness (QED) is 0.183. The van der Waals surface area contributed by atoms with Gasteiger partial charge in [0.2, 0.25) is 0 Å². The van der Waals surface area contributed by atoms with Crippen LogP contribution >= 0.6 is 11.3 Å². The number of para-hydroxylation sites is 2. The van der Waals surface area contributed by atoms with Gasteiger partial charge in [-0.05, 0) is 82.4 Å². The molecule has 0 radical (unpaired) electrons. The molecule has 0 amide bonds. The Morgan fingerprint density at radius 1 is 0.373 bits per heavy atom. The number of rotatable bonds is 4.